The number of hydrogen-bond acceptors (Lipinski definition) is 4. The third-order valence-electron chi connectivity index (χ3n) is 4.70. The highest BCUT2D eigenvalue weighted by Gasteiger charge is 2.19. The maximum atomic E-state index is 11.0. The van der Waals surface area contributed by atoms with Crippen LogP contribution >= 0.6 is 0 Å². The van der Waals surface area contributed by atoms with Crippen molar-refractivity contribution in [2.45, 2.75) is 20.0 Å². The number of piperazine rings is 1. The van der Waals surface area contributed by atoms with Crippen LogP contribution in [0.15, 0.2) is 30.3 Å². The summed E-state index contributed by atoms with van der Waals surface area (Å²) in [5.74, 6) is -0.972. The smallest absolute Gasteiger partial charge is 0.356 e. The fraction of sp³-hybridized carbons (Fsp3) is 0.444. The van der Waals surface area contributed by atoms with Gasteiger partial charge in [0.15, 0.2) is 5.69 Å². The molecule has 1 aromatic heterocycles. The lowest BCUT2D eigenvalue weighted by atomic mass is 10.1. The summed E-state index contributed by atoms with van der Waals surface area (Å²) in [6, 6.07) is 10.2. The summed E-state index contributed by atoms with van der Waals surface area (Å²) in [6.45, 7) is 7.92. The highest BCUT2D eigenvalue weighted by Crippen LogP contribution is 2.14. The molecule has 128 valence electrons. The van der Waals surface area contributed by atoms with Gasteiger partial charge in [-0.2, -0.15) is 5.10 Å². The number of hydrogen-bond donors (Lipinski definition) is 1. The Morgan fingerprint density at radius 1 is 1.12 bits per heavy atom. The number of aryl methyl sites for hydroxylation is 2. The van der Waals surface area contributed by atoms with Crippen molar-refractivity contribution in [1.29, 1.82) is 0 Å². The fourth-order valence-corrected chi connectivity index (χ4v) is 3.12. The third-order valence-corrected chi connectivity index (χ3v) is 4.70. The lowest BCUT2D eigenvalue weighted by Gasteiger charge is -2.34. The van der Waals surface area contributed by atoms with Crippen molar-refractivity contribution in [2.75, 3.05) is 26.2 Å². The number of carbonyl (C=O) groups is 1. The standard InChI is InChI=1S/C18H24N4O2/c1-14-5-3-4-6-15(14)12-21-7-9-22(10-8-21)13-16-11-17(18(23)24)19-20(16)2/h3-6,11H,7-10,12-13H2,1-2H3,(H,23,24). The van der Waals surface area contributed by atoms with Crippen LogP contribution in [0.3, 0.4) is 0 Å². The highest BCUT2D eigenvalue weighted by molar-refractivity contribution is 5.85. The Morgan fingerprint density at radius 2 is 1.75 bits per heavy atom. The number of nitrogens with zero attached hydrogens (tertiary/aromatic N) is 4. The maximum absolute atomic E-state index is 11.0. The monoisotopic (exact) mass is 328 g/mol. The summed E-state index contributed by atoms with van der Waals surface area (Å²) in [5.41, 5.74) is 3.80. The van der Waals surface area contributed by atoms with Crippen molar-refractivity contribution in [1.82, 2.24) is 19.6 Å². The third kappa shape index (κ3) is 3.83. The Morgan fingerprint density at radius 3 is 2.33 bits per heavy atom. The van der Waals surface area contributed by atoms with E-state index in [9.17, 15) is 4.79 Å². The van der Waals surface area contributed by atoms with Crippen molar-refractivity contribution >= 4 is 5.97 Å². The SMILES string of the molecule is Cc1ccccc1CN1CCN(Cc2cc(C(=O)O)nn2C)CC1. The van der Waals surface area contributed by atoms with Crippen molar-refractivity contribution in [3.05, 3.63) is 52.8 Å². The van der Waals surface area contributed by atoms with Gasteiger partial charge in [0.25, 0.3) is 0 Å². The Balaban J connectivity index is 1.54. The predicted molar refractivity (Wildman–Crippen MR) is 91.9 cm³/mol. The summed E-state index contributed by atoms with van der Waals surface area (Å²) in [6.07, 6.45) is 0. The van der Waals surface area contributed by atoms with E-state index in [0.717, 1.165) is 45.0 Å². The molecule has 0 atom stereocenters. The second kappa shape index (κ2) is 7.15. The first-order valence-corrected chi connectivity index (χ1v) is 8.28. The summed E-state index contributed by atoms with van der Waals surface area (Å²) in [4.78, 5) is 15.8. The van der Waals surface area contributed by atoms with Crippen LogP contribution in [-0.2, 0) is 20.1 Å². The molecule has 1 saturated heterocycles. The van der Waals surface area contributed by atoms with E-state index >= 15 is 0 Å². The van der Waals surface area contributed by atoms with Gasteiger partial charge >= 0.3 is 5.97 Å². The molecule has 0 saturated carbocycles. The molecule has 1 aliphatic heterocycles. The lowest BCUT2D eigenvalue weighted by Crippen LogP contribution is -2.45. The first kappa shape index (κ1) is 16.7. The Kier molecular flexibility index (Phi) is 4.97. The molecule has 0 radical (unpaired) electrons. The van der Waals surface area contributed by atoms with Crippen molar-refractivity contribution < 1.29 is 9.90 Å². The topological polar surface area (TPSA) is 61.6 Å². The van der Waals surface area contributed by atoms with Gasteiger partial charge in [-0.1, -0.05) is 24.3 Å². The minimum absolute atomic E-state index is 0.116. The van der Waals surface area contributed by atoms with E-state index in [4.69, 9.17) is 5.11 Å². The van der Waals surface area contributed by atoms with Gasteiger partial charge in [0, 0.05) is 46.3 Å². The second-order valence-electron chi connectivity index (χ2n) is 6.43. The van der Waals surface area contributed by atoms with Crippen molar-refractivity contribution in [3.63, 3.8) is 0 Å². The molecule has 2 heterocycles. The first-order chi connectivity index (χ1) is 11.5. The molecule has 6 heteroatoms. The van der Waals surface area contributed by atoms with Gasteiger partial charge in [0.2, 0.25) is 0 Å². The largest absolute Gasteiger partial charge is 0.476 e. The van der Waals surface area contributed by atoms with Crippen molar-refractivity contribution in [3.8, 4) is 0 Å². The van der Waals surface area contributed by atoms with Crippen LogP contribution in [0, 0.1) is 6.92 Å². The zero-order valence-corrected chi connectivity index (χ0v) is 14.3. The molecule has 1 N–H and O–H groups in total. The molecule has 1 aromatic carbocycles. The van der Waals surface area contributed by atoms with Gasteiger partial charge in [0.05, 0.1) is 5.69 Å². The fourth-order valence-electron chi connectivity index (χ4n) is 3.12. The molecule has 2 aromatic rings. The molecule has 6 nitrogen and oxygen atoms in total. The van der Waals surface area contributed by atoms with Crippen LogP contribution in [-0.4, -0.2) is 56.8 Å². The molecule has 1 aliphatic rings. The van der Waals surface area contributed by atoms with Gasteiger partial charge < -0.3 is 5.11 Å². The minimum atomic E-state index is -0.972. The Labute approximate surface area is 142 Å². The summed E-state index contributed by atoms with van der Waals surface area (Å²) >= 11 is 0. The van der Waals surface area contributed by atoms with E-state index in [-0.39, 0.29) is 5.69 Å². The zero-order chi connectivity index (χ0) is 17.1. The molecule has 0 spiro atoms. The van der Waals surface area contributed by atoms with E-state index < -0.39 is 5.97 Å². The first-order valence-electron chi connectivity index (χ1n) is 8.28. The average molecular weight is 328 g/mol. The van der Waals surface area contributed by atoms with Gasteiger partial charge in [-0.05, 0) is 24.1 Å². The molecule has 0 unspecified atom stereocenters. The van der Waals surface area contributed by atoms with Crippen LogP contribution in [0.2, 0.25) is 0 Å². The van der Waals surface area contributed by atoms with E-state index in [0.29, 0.717) is 0 Å². The molecule has 3 rings (SSSR count). The Bertz CT molecular complexity index is 718. The minimum Gasteiger partial charge on any atom is -0.476 e. The van der Waals surface area contributed by atoms with Gasteiger partial charge in [-0.15, -0.1) is 0 Å². The van der Waals surface area contributed by atoms with Gasteiger partial charge in [-0.25, -0.2) is 4.79 Å². The molecule has 1 fully saturated rings. The van der Waals surface area contributed by atoms with Crippen LogP contribution in [0.25, 0.3) is 0 Å². The molecular formula is C18H24N4O2. The molecule has 0 aliphatic carbocycles. The number of aromatic nitrogens is 2. The van der Waals surface area contributed by atoms with Crippen molar-refractivity contribution in [2.24, 2.45) is 7.05 Å². The normalized spacial score (nSPS) is 16.4. The number of rotatable bonds is 5. The van der Waals surface area contributed by atoms with E-state index in [1.54, 1.807) is 17.8 Å². The molecule has 0 amide bonds. The zero-order valence-electron chi connectivity index (χ0n) is 14.3. The molecule has 24 heavy (non-hydrogen) atoms. The number of carboxylic acid groups (broad SMARTS) is 1. The quantitative estimate of drug-likeness (QED) is 0.906. The van der Waals surface area contributed by atoms with Crippen LogP contribution in [0.4, 0.5) is 0 Å². The van der Waals surface area contributed by atoms with E-state index in [2.05, 4.69) is 46.1 Å². The molecular weight excluding hydrogens is 304 g/mol. The van der Waals surface area contributed by atoms with Crippen LogP contribution in [0.1, 0.15) is 27.3 Å². The van der Waals surface area contributed by atoms with E-state index in [1.165, 1.54) is 11.1 Å². The second-order valence-corrected chi connectivity index (χ2v) is 6.43. The predicted octanol–water partition coefficient (Wildman–Crippen LogP) is 1.74. The highest BCUT2D eigenvalue weighted by atomic mass is 16.4. The Hall–Kier alpha value is -2.18. The van der Waals surface area contributed by atoms with Gasteiger partial charge in [-0.3, -0.25) is 14.5 Å². The maximum Gasteiger partial charge on any atom is 0.356 e. The van der Waals surface area contributed by atoms with E-state index in [1.807, 2.05) is 0 Å². The van der Waals surface area contributed by atoms with Crippen LogP contribution < -0.4 is 0 Å². The van der Waals surface area contributed by atoms with Crippen LogP contribution in [0.5, 0.6) is 0 Å². The number of benzene rings is 1. The molecule has 0 bridgehead atoms. The summed E-state index contributed by atoms with van der Waals surface area (Å²) < 4.78 is 1.67. The average Bonchev–Trinajstić information content (AvgIpc) is 2.93. The number of carboxylic acids is 1. The lowest BCUT2D eigenvalue weighted by molar-refractivity contribution is 0.0689. The van der Waals surface area contributed by atoms with Gasteiger partial charge in [0.1, 0.15) is 0 Å². The number of aromatic carboxylic acids is 1. The summed E-state index contributed by atoms with van der Waals surface area (Å²) in [7, 11) is 1.80. The summed E-state index contributed by atoms with van der Waals surface area (Å²) in [5, 5.41) is 13.1.